The van der Waals surface area contributed by atoms with Crippen LogP contribution >= 0.6 is 11.8 Å². The second-order valence-electron chi connectivity index (χ2n) is 9.74. The molecule has 0 fully saturated rings. The number of carbonyl (C=O) groups is 5. The fourth-order valence-electron chi connectivity index (χ4n) is 3.79. The molecule has 2 rings (SSSR count). The summed E-state index contributed by atoms with van der Waals surface area (Å²) in [5.74, 6) is -0.714. The molecule has 0 aliphatic rings. The molecule has 0 aliphatic carbocycles. The van der Waals surface area contributed by atoms with Gasteiger partial charge in [-0.3, -0.25) is 19.2 Å². The first-order valence-corrected chi connectivity index (χ1v) is 15.0. The maximum atomic E-state index is 12.8. The lowest BCUT2D eigenvalue weighted by atomic mass is 10.1. The molecule has 2 aromatic rings. The van der Waals surface area contributed by atoms with Crippen molar-refractivity contribution in [2.45, 2.75) is 69.8 Å². The van der Waals surface area contributed by atoms with Crippen molar-refractivity contribution in [3.05, 3.63) is 65.7 Å². The van der Waals surface area contributed by atoms with Gasteiger partial charge in [-0.25, -0.2) is 4.79 Å². The molecule has 0 heterocycles. The molecule has 0 radical (unpaired) electrons. The first-order valence-electron chi connectivity index (χ1n) is 14.0. The Bertz CT molecular complexity index is 1150. The average Bonchev–Trinajstić information content (AvgIpc) is 2.97. The maximum Gasteiger partial charge on any atom is 0.407 e. The summed E-state index contributed by atoms with van der Waals surface area (Å²) in [6.45, 7) is 0.844. The van der Waals surface area contributed by atoms with Gasteiger partial charge in [0, 0.05) is 43.8 Å². The number of unbranched alkanes of at least 4 members (excludes halogenated alkanes) is 3. The molecule has 0 bridgehead atoms. The van der Waals surface area contributed by atoms with Crippen LogP contribution in [-0.4, -0.2) is 48.1 Å². The second-order valence-corrected chi connectivity index (χ2v) is 10.8. The molecule has 42 heavy (non-hydrogen) atoms. The van der Waals surface area contributed by atoms with Crippen molar-refractivity contribution < 1.29 is 28.7 Å². The number of benzene rings is 2. The zero-order valence-electron chi connectivity index (χ0n) is 23.8. The lowest BCUT2D eigenvalue weighted by Gasteiger charge is -2.18. The van der Waals surface area contributed by atoms with Gasteiger partial charge in [-0.15, -0.1) is 0 Å². The van der Waals surface area contributed by atoms with Gasteiger partial charge in [-0.05, 0) is 48.9 Å². The number of nitrogen functional groups attached to an aromatic ring is 1. The highest BCUT2D eigenvalue weighted by molar-refractivity contribution is 8.12. The van der Waals surface area contributed by atoms with Gasteiger partial charge in [0.15, 0.2) is 5.12 Å². The van der Waals surface area contributed by atoms with Crippen LogP contribution in [0.2, 0.25) is 0 Å². The second kappa shape index (κ2) is 19.9. The summed E-state index contributed by atoms with van der Waals surface area (Å²) in [5.41, 5.74) is 13.2. The molecule has 1 atom stereocenters. The molecule has 0 aromatic heterocycles. The van der Waals surface area contributed by atoms with Crippen molar-refractivity contribution in [3.8, 4) is 0 Å². The number of amides is 4. The van der Waals surface area contributed by atoms with Crippen molar-refractivity contribution in [2.75, 3.05) is 18.8 Å². The Labute approximate surface area is 250 Å². The number of primary amides is 1. The van der Waals surface area contributed by atoms with Gasteiger partial charge in [-0.1, -0.05) is 60.6 Å². The molecule has 2 aromatic carbocycles. The molecule has 228 valence electrons. The van der Waals surface area contributed by atoms with Crippen LogP contribution in [-0.2, 0) is 36.3 Å². The Balaban J connectivity index is 1.70. The minimum absolute atomic E-state index is 0.140. The van der Waals surface area contributed by atoms with E-state index in [2.05, 4.69) is 16.0 Å². The summed E-state index contributed by atoms with van der Waals surface area (Å²) in [5, 5.41) is 7.90. The summed E-state index contributed by atoms with van der Waals surface area (Å²) in [7, 11) is 0. The van der Waals surface area contributed by atoms with Crippen molar-refractivity contribution in [2.24, 2.45) is 5.73 Å². The highest BCUT2D eigenvalue weighted by Gasteiger charge is 2.24. The molecule has 0 unspecified atom stereocenters. The molecule has 0 aliphatic heterocycles. The van der Waals surface area contributed by atoms with Crippen molar-refractivity contribution >= 4 is 46.4 Å². The topological polar surface area (TPSA) is 183 Å². The first kappa shape index (κ1) is 34.1. The number of rotatable bonds is 19. The summed E-state index contributed by atoms with van der Waals surface area (Å²) in [6.07, 6.45) is 2.69. The lowest BCUT2D eigenvalue weighted by molar-refractivity contribution is -0.130. The normalized spacial score (nSPS) is 11.2. The zero-order valence-corrected chi connectivity index (χ0v) is 24.6. The molecule has 11 nitrogen and oxygen atoms in total. The van der Waals surface area contributed by atoms with Crippen LogP contribution in [0.4, 0.5) is 10.5 Å². The zero-order chi connectivity index (χ0) is 30.6. The quantitative estimate of drug-likeness (QED) is 0.120. The number of thioether (sulfide) groups is 1. The monoisotopic (exact) mass is 599 g/mol. The smallest absolute Gasteiger partial charge is 0.407 e. The summed E-state index contributed by atoms with van der Waals surface area (Å²) >= 11 is 1.10. The Morgan fingerprint density at radius 1 is 0.786 bits per heavy atom. The van der Waals surface area contributed by atoms with Gasteiger partial charge in [-0.2, -0.15) is 0 Å². The lowest BCUT2D eigenvalue weighted by Crippen LogP contribution is -2.47. The SMILES string of the molecule is NC(=O)CCCCNC(=O)[C@H](CC(=O)SCc1ccccc1)NC(=O)CCCCCNC(=O)OCc1ccc(N)cc1. The third-order valence-corrected chi connectivity index (χ3v) is 7.08. The van der Waals surface area contributed by atoms with Crippen LogP contribution < -0.4 is 27.4 Å². The summed E-state index contributed by atoms with van der Waals surface area (Å²) in [4.78, 5) is 60.7. The third kappa shape index (κ3) is 15.7. The van der Waals surface area contributed by atoms with Crippen LogP contribution in [0.5, 0.6) is 0 Å². The van der Waals surface area contributed by atoms with E-state index in [0.29, 0.717) is 56.6 Å². The van der Waals surface area contributed by atoms with Gasteiger partial charge in [0.2, 0.25) is 17.7 Å². The van der Waals surface area contributed by atoms with E-state index < -0.39 is 23.9 Å². The van der Waals surface area contributed by atoms with Gasteiger partial charge in [0.25, 0.3) is 0 Å². The molecular weight excluding hydrogens is 558 g/mol. The number of ether oxygens (including phenoxy) is 1. The Hall–Kier alpha value is -4.06. The number of nitrogens with two attached hydrogens (primary N) is 2. The Kier molecular flexibility index (Phi) is 16.2. The molecule has 7 N–H and O–H groups in total. The van der Waals surface area contributed by atoms with Crippen LogP contribution in [0.15, 0.2) is 54.6 Å². The van der Waals surface area contributed by atoms with E-state index in [9.17, 15) is 24.0 Å². The van der Waals surface area contributed by atoms with Gasteiger partial charge < -0.3 is 32.2 Å². The van der Waals surface area contributed by atoms with Crippen LogP contribution in [0.3, 0.4) is 0 Å². The predicted molar refractivity (Wildman–Crippen MR) is 163 cm³/mol. The van der Waals surface area contributed by atoms with Crippen LogP contribution in [0, 0.1) is 0 Å². The van der Waals surface area contributed by atoms with E-state index in [-0.39, 0.29) is 36.9 Å². The Morgan fingerprint density at radius 3 is 2.17 bits per heavy atom. The largest absolute Gasteiger partial charge is 0.445 e. The fraction of sp³-hybridized carbons (Fsp3) is 0.433. The summed E-state index contributed by atoms with van der Waals surface area (Å²) in [6, 6.07) is 15.5. The van der Waals surface area contributed by atoms with Gasteiger partial charge in [0.05, 0.1) is 0 Å². The Morgan fingerprint density at radius 2 is 1.45 bits per heavy atom. The molecule has 0 saturated heterocycles. The van der Waals surface area contributed by atoms with Crippen LogP contribution in [0.1, 0.15) is 62.5 Å². The minimum Gasteiger partial charge on any atom is -0.445 e. The third-order valence-electron chi connectivity index (χ3n) is 6.11. The van der Waals surface area contributed by atoms with Gasteiger partial charge in [0.1, 0.15) is 12.6 Å². The van der Waals surface area contributed by atoms with Crippen molar-refractivity contribution in [1.29, 1.82) is 0 Å². The van der Waals surface area contributed by atoms with Crippen molar-refractivity contribution in [3.63, 3.8) is 0 Å². The van der Waals surface area contributed by atoms with E-state index in [1.165, 1.54) is 0 Å². The molecular formula is C30H41N5O6S. The number of hydrogen-bond donors (Lipinski definition) is 5. The number of nitrogens with one attached hydrogen (secondary N) is 3. The summed E-state index contributed by atoms with van der Waals surface area (Å²) < 4.78 is 5.16. The highest BCUT2D eigenvalue weighted by Crippen LogP contribution is 2.16. The first-order chi connectivity index (χ1) is 20.2. The number of alkyl carbamates (subject to hydrolysis) is 1. The molecule has 0 spiro atoms. The molecule has 4 amide bonds. The van der Waals surface area contributed by atoms with E-state index in [0.717, 1.165) is 22.9 Å². The van der Waals surface area contributed by atoms with E-state index in [4.69, 9.17) is 16.2 Å². The molecule has 0 saturated carbocycles. The fourth-order valence-corrected chi connectivity index (χ4v) is 4.59. The van der Waals surface area contributed by atoms with E-state index in [1.807, 2.05) is 30.3 Å². The molecule has 12 heteroatoms. The standard InChI is InChI=1S/C30H41N5O6S/c31-24-15-13-22(14-16-24)20-41-30(40)34-18-7-2-5-12-27(37)35-25(29(39)33-17-8-6-11-26(32)36)19-28(38)42-21-23-9-3-1-4-10-23/h1,3-4,9-10,13-16,25H,2,5-8,11-12,17-21,31H2,(H2,32,36)(H,33,39)(H,34,40)(H,35,37)/t25-/m0/s1. The number of anilines is 1. The van der Waals surface area contributed by atoms with Gasteiger partial charge >= 0.3 is 6.09 Å². The number of carbonyl (C=O) groups excluding carboxylic acids is 5. The predicted octanol–water partition coefficient (Wildman–Crippen LogP) is 3.16. The average molecular weight is 600 g/mol. The van der Waals surface area contributed by atoms with E-state index in [1.54, 1.807) is 24.3 Å². The van der Waals surface area contributed by atoms with Crippen LogP contribution in [0.25, 0.3) is 0 Å². The number of hydrogen-bond acceptors (Lipinski definition) is 8. The highest BCUT2D eigenvalue weighted by atomic mass is 32.2. The minimum atomic E-state index is -0.998. The van der Waals surface area contributed by atoms with Crippen molar-refractivity contribution in [1.82, 2.24) is 16.0 Å². The van der Waals surface area contributed by atoms with E-state index >= 15 is 0 Å². The maximum absolute atomic E-state index is 12.8.